The lowest BCUT2D eigenvalue weighted by Crippen LogP contribution is -2.23. The van der Waals surface area contributed by atoms with Gasteiger partial charge in [-0.25, -0.2) is 0 Å². The van der Waals surface area contributed by atoms with E-state index < -0.39 is 5.97 Å². The van der Waals surface area contributed by atoms with Crippen molar-refractivity contribution in [1.29, 1.82) is 0 Å². The van der Waals surface area contributed by atoms with Gasteiger partial charge in [0.05, 0.1) is 6.54 Å². The van der Waals surface area contributed by atoms with Crippen molar-refractivity contribution in [3.63, 3.8) is 0 Å². The van der Waals surface area contributed by atoms with Crippen molar-refractivity contribution in [2.75, 3.05) is 19.7 Å². The lowest BCUT2D eigenvalue weighted by atomic mass is 10.0. The molecule has 1 heterocycles. The number of carbonyl (C=O) groups is 6. The van der Waals surface area contributed by atoms with Gasteiger partial charge in [-0.1, -0.05) is 258 Å². The van der Waals surface area contributed by atoms with Gasteiger partial charge in [0.15, 0.2) is 5.90 Å². The van der Waals surface area contributed by atoms with Crippen LogP contribution in [0.5, 0.6) is 0 Å². The lowest BCUT2D eigenvalue weighted by molar-refractivity contribution is -0.137. The number of hydrogen-bond donors (Lipinski definition) is 3. The van der Waals surface area contributed by atoms with E-state index in [1.54, 1.807) is 20.8 Å². The summed E-state index contributed by atoms with van der Waals surface area (Å²) in [6.07, 6.45) is 43.8. The summed E-state index contributed by atoms with van der Waals surface area (Å²) in [6, 6.07) is 0. The maximum absolute atomic E-state index is 11.2. The molecule has 0 saturated carbocycles. The number of unbranched alkanes of at least 4 members (excludes halogenated alkanes) is 17. The Morgan fingerprint density at radius 2 is 0.682 bits per heavy atom. The highest BCUT2D eigenvalue weighted by molar-refractivity contribution is 5.77. The second kappa shape index (κ2) is 73.4. The molecule has 508 valence electrons. The van der Waals surface area contributed by atoms with Crippen LogP contribution in [0.2, 0.25) is 0 Å². The van der Waals surface area contributed by atoms with Gasteiger partial charge in [-0.05, 0) is 114 Å². The van der Waals surface area contributed by atoms with Gasteiger partial charge < -0.3 is 35.3 Å². The highest BCUT2D eigenvalue weighted by Gasteiger charge is 2.07. The van der Waals surface area contributed by atoms with Crippen LogP contribution >= 0.6 is 0 Å². The Balaban J connectivity index is -0.000000215. The Morgan fingerprint density at radius 1 is 0.412 bits per heavy atom. The molecule has 0 unspecified atom stereocenters. The van der Waals surface area contributed by atoms with E-state index >= 15 is 0 Å². The highest BCUT2D eigenvalue weighted by Crippen LogP contribution is 2.15. The molecule has 4 N–H and O–H groups in total. The van der Waals surface area contributed by atoms with Crippen molar-refractivity contribution in [3.05, 3.63) is 0 Å². The predicted molar refractivity (Wildman–Crippen MR) is 370 cm³/mol. The number of amides is 2. The zero-order chi connectivity index (χ0) is 65.9. The Morgan fingerprint density at radius 3 is 0.953 bits per heavy atom. The minimum atomic E-state index is -0.668. The first-order valence-corrected chi connectivity index (χ1v) is 35.5. The van der Waals surface area contributed by atoms with Crippen LogP contribution in [0.3, 0.4) is 0 Å². The average Bonchev–Trinajstić information content (AvgIpc) is 3.93. The topological polar surface area (TPSA) is 182 Å². The van der Waals surface area contributed by atoms with Gasteiger partial charge in [0, 0.05) is 51.5 Å². The van der Waals surface area contributed by atoms with E-state index in [1.165, 1.54) is 148 Å². The molecule has 0 bridgehead atoms. The molecule has 0 fully saturated rings. The van der Waals surface area contributed by atoms with E-state index in [1.807, 2.05) is 0 Å². The normalized spacial score (nSPS) is 11.4. The first-order valence-electron chi connectivity index (χ1n) is 35.5. The smallest absolute Gasteiger partial charge is 0.303 e. The number of aliphatic carboxylic acids is 1. The number of aliphatic imine (C=N–C) groups is 1. The molecular formula is C74H149N3O8. The first kappa shape index (κ1) is 93.0. The van der Waals surface area contributed by atoms with Gasteiger partial charge in [0.25, 0.3) is 0 Å². The molecule has 0 saturated heterocycles. The highest BCUT2D eigenvalue weighted by atomic mass is 16.5. The van der Waals surface area contributed by atoms with Crippen LogP contribution < -0.4 is 11.1 Å². The van der Waals surface area contributed by atoms with Crippen molar-refractivity contribution < 1.29 is 38.6 Å². The molecule has 11 nitrogen and oxygen atoms in total. The molecule has 0 aromatic heterocycles. The molecule has 1 aliphatic heterocycles. The van der Waals surface area contributed by atoms with Crippen molar-refractivity contribution in [3.8, 4) is 0 Å². The SMILES string of the molecule is CC(=O)CCCCC(C)C.CC(=O)CCCCC(C)C.CC(=O)CCCCCCC(C)C.CC(C)CCCCCCC(=O)O.CC(C)CCCCCCC(N)=O.CC(C)CCCCCCC1=NCCO1.CCCNC(=O)CCCCCCC(C)C. The van der Waals surface area contributed by atoms with Crippen molar-refractivity contribution in [1.82, 2.24) is 5.32 Å². The number of nitrogens with one attached hydrogen (secondary N) is 1. The second-order valence-electron chi connectivity index (χ2n) is 27.5. The van der Waals surface area contributed by atoms with Crippen molar-refractivity contribution >= 4 is 41.0 Å². The van der Waals surface area contributed by atoms with Gasteiger partial charge in [0.2, 0.25) is 11.8 Å². The van der Waals surface area contributed by atoms with Gasteiger partial charge in [-0.2, -0.15) is 0 Å². The maximum atomic E-state index is 11.2. The zero-order valence-corrected chi connectivity index (χ0v) is 60.1. The number of Topliss-reactive ketones (excluding diaryl/α,β-unsaturated/α-hetero) is 3. The van der Waals surface area contributed by atoms with Crippen molar-refractivity contribution in [2.45, 2.75) is 375 Å². The minimum absolute atomic E-state index is 0.168. The molecule has 0 aromatic rings. The summed E-state index contributed by atoms with van der Waals surface area (Å²) >= 11 is 0. The molecule has 0 aliphatic carbocycles. The fourth-order valence-corrected chi connectivity index (χ4v) is 8.78. The summed E-state index contributed by atoms with van der Waals surface area (Å²) in [7, 11) is 0. The summed E-state index contributed by atoms with van der Waals surface area (Å²) in [5.41, 5.74) is 5.02. The number of carbonyl (C=O) groups excluding carboxylic acids is 5. The summed E-state index contributed by atoms with van der Waals surface area (Å²) in [4.78, 5) is 67.6. The molecule has 85 heavy (non-hydrogen) atoms. The molecule has 1 rings (SSSR count). The number of ketones is 3. The van der Waals surface area contributed by atoms with Gasteiger partial charge in [-0.3, -0.25) is 19.4 Å². The zero-order valence-electron chi connectivity index (χ0n) is 60.1. The Labute approximate surface area is 529 Å². The second-order valence-corrected chi connectivity index (χ2v) is 27.5. The van der Waals surface area contributed by atoms with Crippen LogP contribution in [0.4, 0.5) is 0 Å². The monoisotopic (exact) mass is 1210 g/mol. The third kappa shape index (κ3) is 113. The number of rotatable bonds is 47. The molecule has 0 radical (unpaired) electrons. The molecular weight excluding hydrogens is 1060 g/mol. The van der Waals surface area contributed by atoms with E-state index in [2.05, 4.69) is 114 Å². The van der Waals surface area contributed by atoms with Crippen LogP contribution in [0, 0.1) is 41.4 Å². The summed E-state index contributed by atoms with van der Waals surface area (Å²) in [6.45, 7) is 41.0. The maximum Gasteiger partial charge on any atom is 0.303 e. The summed E-state index contributed by atoms with van der Waals surface area (Å²) in [5, 5.41) is 11.3. The van der Waals surface area contributed by atoms with E-state index in [-0.39, 0.29) is 11.8 Å². The van der Waals surface area contributed by atoms with E-state index in [0.29, 0.717) is 36.6 Å². The van der Waals surface area contributed by atoms with E-state index in [9.17, 15) is 28.8 Å². The largest absolute Gasteiger partial charge is 0.481 e. The van der Waals surface area contributed by atoms with Gasteiger partial charge in [0.1, 0.15) is 24.0 Å². The Bertz CT molecular complexity index is 1390. The third-order valence-electron chi connectivity index (χ3n) is 14.1. The number of nitrogens with two attached hydrogens (primary N) is 1. The number of carboxylic acids is 1. The number of carboxylic acid groups (broad SMARTS) is 1. The Hall–Kier alpha value is -3.11. The standard InChI is InChI=1S/C13H27NO.C12H23NO.C11H22O.C10H21NO.C10H20O2.2C9H18O/c1-4-11-14-13(15)10-8-6-5-7-9-12(2)3;1-11(2)7-5-3-4-6-8-12-13-9-10-14-12;1-10(2)8-6-4-5-7-9-11(3)12;2*1-9(2)7-5-3-4-6-8-10(11)12;2*1-8(2)6-4-5-7-9(3)10/h12H,4-11H2,1-3H3,(H,14,15);11H,3-10H2,1-2H3;10H,4-9H2,1-3H3;9H,3-8H2,1-2H3,(H2,11,12);9H,3-8H2,1-2H3,(H,11,12);2*8H,4-7H2,1-3H3. The number of nitrogens with zero attached hydrogens (tertiary/aromatic N) is 1. The number of ether oxygens (including phenoxy) is 1. The minimum Gasteiger partial charge on any atom is -0.481 e. The lowest BCUT2D eigenvalue weighted by Gasteiger charge is -2.05. The summed E-state index contributed by atoms with van der Waals surface area (Å²) in [5.74, 6) is 7.02. The average molecular weight is 1210 g/mol. The quantitative estimate of drug-likeness (QED) is 0.0503. The first-order chi connectivity index (χ1) is 40.1. The Kier molecular flexibility index (Phi) is 80.3. The molecule has 0 atom stereocenters. The fraction of sp³-hybridized carbons (Fsp3) is 0.905. The van der Waals surface area contributed by atoms with E-state index in [0.717, 1.165) is 150 Å². The molecule has 2 amide bonds. The van der Waals surface area contributed by atoms with Crippen LogP contribution in [0.15, 0.2) is 4.99 Å². The molecule has 0 spiro atoms. The third-order valence-corrected chi connectivity index (χ3v) is 14.1. The van der Waals surface area contributed by atoms with Gasteiger partial charge >= 0.3 is 5.97 Å². The van der Waals surface area contributed by atoms with Crippen LogP contribution in [-0.2, 0) is 33.5 Å². The number of primary amides is 1. The van der Waals surface area contributed by atoms with Crippen LogP contribution in [0.1, 0.15) is 375 Å². The molecule has 1 aliphatic rings. The molecule has 0 aromatic carbocycles. The van der Waals surface area contributed by atoms with Crippen LogP contribution in [-0.4, -0.2) is 65.8 Å². The van der Waals surface area contributed by atoms with Crippen LogP contribution in [0.25, 0.3) is 0 Å². The molecule has 11 heteroatoms. The fourth-order valence-electron chi connectivity index (χ4n) is 8.78. The predicted octanol–water partition coefficient (Wildman–Crippen LogP) is 21.6. The number of hydrogen-bond acceptors (Lipinski definition) is 8. The summed E-state index contributed by atoms with van der Waals surface area (Å²) < 4.78 is 5.35. The van der Waals surface area contributed by atoms with E-state index in [4.69, 9.17) is 15.6 Å². The van der Waals surface area contributed by atoms with Crippen molar-refractivity contribution in [2.24, 2.45) is 52.2 Å². The van der Waals surface area contributed by atoms with Gasteiger partial charge in [-0.15, -0.1) is 0 Å².